The first kappa shape index (κ1) is 9.71. The second-order valence-electron chi connectivity index (χ2n) is 3.61. The fraction of sp³-hybridized carbons (Fsp3) is 0.273. The average molecular weight is 202 g/mol. The summed E-state index contributed by atoms with van der Waals surface area (Å²) in [4.78, 5) is 0. The van der Waals surface area contributed by atoms with Crippen LogP contribution in [0.1, 0.15) is 17.5 Å². The molecule has 4 nitrogen and oxygen atoms in total. The van der Waals surface area contributed by atoms with Gasteiger partial charge in [0.2, 0.25) is 5.96 Å². The third-order valence-corrected chi connectivity index (χ3v) is 2.58. The number of nitrogens with zero attached hydrogens (tertiary/aromatic N) is 2. The molecule has 0 saturated heterocycles. The highest BCUT2D eigenvalue weighted by molar-refractivity contribution is 6.04. The van der Waals surface area contributed by atoms with Crippen LogP contribution >= 0.6 is 0 Å². The summed E-state index contributed by atoms with van der Waals surface area (Å²) >= 11 is 0. The Morgan fingerprint density at radius 1 is 1.40 bits per heavy atom. The number of benzene rings is 1. The fourth-order valence-electron chi connectivity index (χ4n) is 1.75. The lowest BCUT2D eigenvalue weighted by Gasteiger charge is -2.11. The summed E-state index contributed by atoms with van der Waals surface area (Å²) < 4.78 is 0. The quantitative estimate of drug-likeness (QED) is 0.408. The van der Waals surface area contributed by atoms with Crippen LogP contribution in [-0.4, -0.2) is 23.7 Å². The monoisotopic (exact) mass is 202 g/mol. The molecule has 4 heteroatoms. The van der Waals surface area contributed by atoms with Crippen molar-refractivity contribution < 1.29 is 0 Å². The summed E-state index contributed by atoms with van der Waals surface area (Å²) in [6, 6.07) is 8.23. The highest BCUT2D eigenvalue weighted by Crippen LogP contribution is 2.22. The standard InChI is InChI=1S/C11H14N4/c1-15(11(12)13)14-10-7-6-8-4-2-3-5-9(8)10/h2-5H,6-7H2,1H3,(H3,12,13)/b14-10+. The summed E-state index contributed by atoms with van der Waals surface area (Å²) in [6.07, 6.45) is 1.96. The molecule has 1 aromatic carbocycles. The molecule has 0 fully saturated rings. The molecule has 0 bridgehead atoms. The largest absolute Gasteiger partial charge is 0.369 e. The number of aryl methyl sites for hydroxylation is 1. The van der Waals surface area contributed by atoms with Crippen LogP contribution in [0.4, 0.5) is 0 Å². The lowest BCUT2D eigenvalue weighted by molar-refractivity contribution is 0.532. The molecule has 0 heterocycles. The highest BCUT2D eigenvalue weighted by atomic mass is 15.5. The van der Waals surface area contributed by atoms with Crippen LogP contribution in [0.25, 0.3) is 0 Å². The molecule has 1 aliphatic carbocycles. The highest BCUT2D eigenvalue weighted by Gasteiger charge is 2.17. The molecule has 3 N–H and O–H groups in total. The Balaban J connectivity index is 2.31. The second kappa shape index (κ2) is 3.73. The van der Waals surface area contributed by atoms with E-state index in [0.717, 1.165) is 18.6 Å². The second-order valence-corrected chi connectivity index (χ2v) is 3.61. The minimum Gasteiger partial charge on any atom is -0.369 e. The van der Waals surface area contributed by atoms with Gasteiger partial charge >= 0.3 is 0 Å². The number of hydrogen-bond acceptors (Lipinski definition) is 2. The number of nitrogens with one attached hydrogen (secondary N) is 1. The van der Waals surface area contributed by atoms with E-state index < -0.39 is 0 Å². The molecule has 0 atom stereocenters. The minimum atomic E-state index is -0.0353. The zero-order chi connectivity index (χ0) is 10.8. The van der Waals surface area contributed by atoms with Crippen molar-refractivity contribution in [2.24, 2.45) is 10.8 Å². The predicted molar refractivity (Wildman–Crippen MR) is 61.0 cm³/mol. The van der Waals surface area contributed by atoms with Gasteiger partial charge in [-0.25, -0.2) is 5.01 Å². The van der Waals surface area contributed by atoms with Gasteiger partial charge in [0.1, 0.15) is 0 Å². The van der Waals surface area contributed by atoms with Crippen molar-refractivity contribution >= 4 is 11.7 Å². The maximum Gasteiger partial charge on any atom is 0.208 e. The van der Waals surface area contributed by atoms with Crippen molar-refractivity contribution in [3.63, 3.8) is 0 Å². The summed E-state index contributed by atoms with van der Waals surface area (Å²) in [5.41, 5.74) is 8.87. The third kappa shape index (κ3) is 1.83. The van der Waals surface area contributed by atoms with Crippen molar-refractivity contribution in [1.29, 1.82) is 5.41 Å². The van der Waals surface area contributed by atoms with Crippen LogP contribution < -0.4 is 5.73 Å². The minimum absolute atomic E-state index is 0.0353. The van der Waals surface area contributed by atoms with Crippen molar-refractivity contribution in [3.05, 3.63) is 35.4 Å². The molecule has 0 saturated carbocycles. The van der Waals surface area contributed by atoms with Gasteiger partial charge in [0.15, 0.2) is 0 Å². The van der Waals surface area contributed by atoms with E-state index >= 15 is 0 Å². The van der Waals surface area contributed by atoms with Crippen molar-refractivity contribution in [3.8, 4) is 0 Å². The number of hydrogen-bond donors (Lipinski definition) is 2. The van der Waals surface area contributed by atoms with Gasteiger partial charge in [-0.2, -0.15) is 5.10 Å². The van der Waals surface area contributed by atoms with Gasteiger partial charge in [-0.1, -0.05) is 24.3 Å². The molecule has 0 radical (unpaired) electrons. The van der Waals surface area contributed by atoms with Gasteiger partial charge in [-0.05, 0) is 18.4 Å². The zero-order valence-corrected chi connectivity index (χ0v) is 8.70. The van der Waals surface area contributed by atoms with E-state index in [2.05, 4.69) is 17.2 Å². The van der Waals surface area contributed by atoms with E-state index in [0.29, 0.717) is 0 Å². The zero-order valence-electron chi connectivity index (χ0n) is 8.70. The van der Waals surface area contributed by atoms with E-state index in [-0.39, 0.29) is 5.96 Å². The van der Waals surface area contributed by atoms with E-state index in [1.807, 2.05) is 12.1 Å². The Kier molecular flexibility index (Phi) is 2.41. The number of guanidine groups is 1. The molecule has 15 heavy (non-hydrogen) atoms. The number of hydrazone groups is 1. The number of nitrogens with two attached hydrogens (primary N) is 1. The van der Waals surface area contributed by atoms with Gasteiger partial charge in [0.25, 0.3) is 0 Å². The lowest BCUT2D eigenvalue weighted by Crippen LogP contribution is -2.29. The molecular weight excluding hydrogens is 188 g/mol. The van der Waals surface area contributed by atoms with Crippen molar-refractivity contribution in [2.75, 3.05) is 7.05 Å². The molecule has 0 amide bonds. The molecule has 1 aromatic rings. The van der Waals surface area contributed by atoms with Gasteiger partial charge in [-0.15, -0.1) is 0 Å². The predicted octanol–water partition coefficient (Wildman–Crippen LogP) is 1.16. The number of fused-ring (bicyclic) bond motifs is 1. The maximum absolute atomic E-state index is 7.24. The summed E-state index contributed by atoms with van der Waals surface area (Å²) in [7, 11) is 1.69. The third-order valence-electron chi connectivity index (χ3n) is 2.58. The van der Waals surface area contributed by atoms with Gasteiger partial charge in [0.05, 0.1) is 5.71 Å². The maximum atomic E-state index is 7.24. The summed E-state index contributed by atoms with van der Waals surface area (Å²) in [6.45, 7) is 0. The smallest absolute Gasteiger partial charge is 0.208 e. The molecular formula is C11H14N4. The van der Waals surface area contributed by atoms with E-state index in [4.69, 9.17) is 11.1 Å². The van der Waals surface area contributed by atoms with Crippen LogP contribution in [0.5, 0.6) is 0 Å². The lowest BCUT2D eigenvalue weighted by atomic mass is 10.1. The van der Waals surface area contributed by atoms with Crippen molar-refractivity contribution in [2.45, 2.75) is 12.8 Å². The Hall–Kier alpha value is -1.84. The fourth-order valence-corrected chi connectivity index (χ4v) is 1.75. The van der Waals surface area contributed by atoms with E-state index in [9.17, 15) is 0 Å². The SMILES string of the molecule is CN(/N=C1\CCc2ccccc21)C(=N)N. The van der Waals surface area contributed by atoms with Crippen molar-refractivity contribution in [1.82, 2.24) is 5.01 Å². The van der Waals surface area contributed by atoms with Crippen LogP contribution in [0.3, 0.4) is 0 Å². The van der Waals surface area contributed by atoms with Crippen LogP contribution in [0.2, 0.25) is 0 Å². The average Bonchev–Trinajstić information content (AvgIpc) is 2.62. The Bertz CT molecular complexity index is 422. The van der Waals surface area contributed by atoms with E-state index in [1.54, 1.807) is 7.05 Å². The molecule has 2 rings (SSSR count). The first-order chi connectivity index (χ1) is 7.18. The van der Waals surface area contributed by atoms with Gasteiger partial charge < -0.3 is 5.73 Å². The van der Waals surface area contributed by atoms with Crippen LogP contribution in [-0.2, 0) is 6.42 Å². The first-order valence-corrected chi connectivity index (χ1v) is 4.92. The van der Waals surface area contributed by atoms with E-state index in [1.165, 1.54) is 16.1 Å². The normalized spacial score (nSPS) is 16.5. The molecule has 78 valence electrons. The summed E-state index contributed by atoms with van der Waals surface area (Å²) in [5.74, 6) is -0.0353. The Morgan fingerprint density at radius 3 is 2.87 bits per heavy atom. The van der Waals surface area contributed by atoms with Gasteiger partial charge in [0, 0.05) is 12.6 Å². The Morgan fingerprint density at radius 2 is 2.13 bits per heavy atom. The molecule has 1 aliphatic rings. The first-order valence-electron chi connectivity index (χ1n) is 4.92. The molecule has 0 aromatic heterocycles. The van der Waals surface area contributed by atoms with Crippen LogP contribution in [0, 0.1) is 5.41 Å². The molecule has 0 unspecified atom stereocenters. The van der Waals surface area contributed by atoms with Gasteiger partial charge in [-0.3, -0.25) is 5.41 Å². The number of rotatable bonds is 1. The molecule has 0 spiro atoms. The molecule has 0 aliphatic heterocycles. The summed E-state index contributed by atoms with van der Waals surface area (Å²) in [5, 5.41) is 13.0. The van der Waals surface area contributed by atoms with Crippen LogP contribution in [0.15, 0.2) is 29.4 Å². The Labute approximate surface area is 88.9 Å². The topological polar surface area (TPSA) is 65.5 Å².